The highest BCUT2D eigenvalue weighted by atomic mass is 15.2. The third-order valence-electron chi connectivity index (χ3n) is 4.03. The summed E-state index contributed by atoms with van der Waals surface area (Å²) < 4.78 is 0. The molecule has 1 aromatic rings. The second kappa shape index (κ2) is 6.51. The van der Waals surface area contributed by atoms with Gasteiger partial charge in [-0.2, -0.15) is 0 Å². The number of nitrogens with two attached hydrogens (primary N) is 1. The van der Waals surface area contributed by atoms with E-state index >= 15 is 0 Å². The van der Waals surface area contributed by atoms with Crippen LogP contribution >= 0.6 is 0 Å². The molecule has 2 rings (SSSR count). The SMILES string of the molecule is CN(C)CCN(C)C(CN)c1ccccc1C1CC1. The topological polar surface area (TPSA) is 32.5 Å². The van der Waals surface area contributed by atoms with E-state index in [1.54, 1.807) is 0 Å². The van der Waals surface area contributed by atoms with Gasteiger partial charge in [-0.3, -0.25) is 4.90 Å². The molecule has 1 fully saturated rings. The van der Waals surface area contributed by atoms with Crippen molar-refractivity contribution in [3.05, 3.63) is 35.4 Å². The van der Waals surface area contributed by atoms with Crippen LogP contribution in [0.25, 0.3) is 0 Å². The zero-order chi connectivity index (χ0) is 13.8. The number of hydrogen-bond acceptors (Lipinski definition) is 3. The predicted octanol–water partition coefficient (Wildman–Crippen LogP) is 2.06. The van der Waals surface area contributed by atoms with E-state index in [0.717, 1.165) is 19.0 Å². The molecule has 0 aliphatic heterocycles. The molecule has 1 atom stereocenters. The molecule has 0 amide bonds. The molecule has 106 valence electrons. The highest BCUT2D eigenvalue weighted by Crippen LogP contribution is 2.43. The van der Waals surface area contributed by atoms with Crippen molar-refractivity contribution in [3.63, 3.8) is 0 Å². The maximum atomic E-state index is 6.05. The van der Waals surface area contributed by atoms with E-state index < -0.39 is 0 Å². The van der Waals surface area contributed by atoms with E-state index in [1.807, 2.05) is 0 Å². The zero-order valence-electron chi connectivity index (χ0n) is 12.5. The van der Waals surface area contributed by atoms with Gasteiger partial charge in [-0.05, 0) is 51.0 Å². The van der Waals surface area contributed by atoms with Gasteiger partial charge in [0.05, 0.1) is 0 Å². The monoisotopic (exact) mass is 261 g/mol. The lowest BCUT2D eigenvalue weighted by Gasteiger charge is -2.30. The minimum absolute atomic E-state index is 0.344. The maximum absolute atomic E-state index is 6.05. The van der Waals surface area contributed by atoms with Gasteiger partial charge in [0.15, 0.2) is 0 Å². The first-order valence-corrected chi connectivity index (χ1v) is 7.27. The third-order valence-corrected chi connectivity index (χ3v) is 4.03. The normalized spacial score (nSPS) is 17.2. The van der Waals surface area contributed by atoms with Gasteiger partial charge in [-0.25, -0.2) is 0 Å². The fraction of sp³-hybridized carbons (Fsp3) is 0.625. The Bertz CT molecular complexity index is 399. The standard InChI is InChI=1S/C16H27N3/c1-18(2)10-11-19(3)16(12-17)15-7-5-4-6-14(15)13-8-9-13/h4-7,13,16H,8-12,17H2,1-3H3. The van der Waals surface area contributed by atoms with Gasteiger partial charge in [0.25, 0.3) is 0 Å². The Balaban J connectivity index is 2.12. The average molecular weight is 261 g/mol. The fourth-order valence-electron chi connectivity index (χ4n) is 2.64. The summed E-state index contributed by atoms with van der Waals surface area (Å²) >= 11 is 0. The van der Waals surface area contributed by atoms with Gasteiger partial charge in [0.2, 0.25) is 0 Å². The molecule has 3 heteroatoms. The van der Waals surface area contributed by atoms with Crippen LogP contribution in [0.3, 0.4) is 0 Å². The Morgan fingerprint density at radius 1 is 1.16 bits per heavy atom. The first kappa shape index (κ1) is 14.5. The second-order valence-corrected chi connectivity index (χ2v) is 5.94. The maximum Gasteiger partial charge on any atom is 0.0470 e. The second-order valence-electron chi connectivity index (χ2n) is 5.94. The van der Waals surface area contributed by atoms with E-state index in [2.05, 4.69) is 55.2 Å². The molecular weight excluding hydrogens is 234 g/mol. The molecule has 3 nitrogen and oxygen atoms in total. The summed E-state index contributed by atoms with van der Waals surface area (Å²) in [6, 6.07) is 9.19. The van der Waals surface area contributed by atoms with Crippen molar-refractivity contribution in [2.24, 2.45) is 5.73 Å². The molecule has 0 aromatic heterocycles. The molecule has 0 radical (unpaired) electrons. The molecule has 1 aliphatic rings. The third kappa shape index (κ3) is 3.78. The molecule has 2 N–H and O–H groups in total. The molecule has 1 aromatic carbocycles. The van der Waals surface area contributed by atoms with Gasteiger partial charge < -0.3 is 10.6 Å². The van der Waals surface area contributed by atoms with E-state index in [-0.39, 0.29) is 0 Å². The number of likely N-dealkylation sites (N-methyl/N-ethyl adjacent to an activating group) is 2. The molecule has 0 saturated heterocycles. The summed E-state index contributed by atoms with van der Waals surface area (Å²) in [5.74, 6) is 0.785. The van der Waals surface area contributed by atoms with E-state index in [4.69, 9.17) is 5.73 Å². The summed E-state index contributed by atoms with van der Waals surface area (Å²) in [5.41, 5.74) is 9.01. The van der Waals surface area contributed by atoms with Crippen LogP contribution in [-0.2, 0) is 0 Å². The Hall–Kier alpha value is -0.900. The van der Waals surface area contributed by atoms with Gasteiger partial charge in [0, 0.05) is 25.7 Å². The summed E-state index contributed by atoms with van der Waals surface area (Å²) in [5, 5.41) is 0. The zero-order valence-corrected chi connectivity index (χ0v) is 12.5. The van der Waals surface area contributed by atoms with Crippen LogP contribution in [0.4, 0.5) is 0 Å². The van der Waals surface area contributed by atoms with Crippen LogP contribution in [0.1, 0.15) is 35.9 Å². The van der Waals surface area contributed by atoms with Crippen molar-refractivity contribution in [2.45, 2.75) is 24.8 Å². The molecule has 1 saturated carbocycles. The van der Waals surface area contributed by atoms with Crippen LogP contribution in [0.15, 0.2) is 24.3 Å². The molecule has 0 bridgehead atoms. The number of hydrogen-bond donors (Lipinski definition) is 1. The minimum atomic E-state index is 0.344. The Kier molecular flexibility index (Phi) is 4.97. The average Bonchev–Trinajstić information content (AvgIpc) is 3.22. The fourth-order valence-corrected chi connectivity index (χ4v) is 2.64. The molecule has 19 heavy (non-hydrogen) atoms. The number of nitrogens with zero attached hydrogens (tertiary/aromatic N) is 2. The largest absolute Gasteiger partial charge is 0.329 e. The Morgan fingerprint density at radius 3 is 2.42 bits per heavy atom. The lowest BCUT2D eigenvalue weighted by molar-refractivity contribution is 0.222. The molecule has 0 heterocycles. The predicted molar refractivity (Wildman–Crippen MR) is 81.4 cm³/mol. The van der Waals surface area contributed by atoms with Crippen molar-refractivity contribution < 1.29 is 0 Å². The summed E-state index contributed by atoms with van der Waals surface area (Å²) in [6.45, 7) is 2.81. The summed E-state index contributed by atoms with van der Waals surface area (Å²) in [6.07, 6.45) is 2.69. The van der Waals surface area contributed by atoms with Crippen molar-refractivity contribution in [1.29, 1.82) is 0 Å². The first-order valence-electron chi connectivity index (χ1n) is 7.27. The molecule has 1 aliphatic carbocycles. The van der Waals surface area contributed by atoms with Gasteiger partial charge in [-0.15, -0.1) is 0 Å². The Morgan fingerprint density at radius 2 is 1.84 bits per heavy atom. The van der Waals surface area contributed by atoms with E-state index in [9.17, 15) is 0 Å². The van der Waals surface area contributed by atoms with Crippen LogP contribution in [0.5, 0.6) is 0 Å². The smallest absolute Gasteiger partial charge is 0.0470 e. The van der Waals surface area contributed by atoms with Crippen LogP contribution in [-0.4, -0.2) is 50.6 Å². The number of benzene rings is 1. The highest BCUT2D eigenvalue weighted by Gasteiger charge is 2.28. The highest BCUT2D eigenvalue weighted by molar-refractivity contribution is 5.35. The molecule has 1 unspecified atom stereocenters. The van der Waals surface area contributed by atoms with Gasteiger partial charge in [-0.1, -0.05) is 24.3 Å². The van der Waals surface area contributed by atoms with Crippen molar-refractivity contribution >= 4 is 0 Å². The van der Waals surface area contributed by atoms with Crippen LogP contribution in [0.2, 0.25) is 0 Å². The Labute approximate surface area is 117 Å². The number of rotatable bonds is 7. The van der Waals surface area contributed by atoms with Crippen LogP contribution in [0, 0.1) is 0 Å². The molecule has 0 spiro atoms. The van der Waals surface area contributed by atoms with Crippen LogP contribution < -0.4 is 5.73 Å². The lowest BCUT2D eigenvalue weighted by atomic mass is 9.96. The summed E-state index contributed by atoms with van der Waals surface area (Å²) in [4.78, 5) is 4.61. The quantitative estimate of drug-likeness (QED) is 0.815. The lowest BCUT2D eigenvalue weighted by Crippen LogP contribution is -2.35. The van der Waals surface area contributed by atoms with Gasteiger partial charge >= 0.3 is 0 Å². The molecular formula is C16H27N3. The first-order chi connectivity index (χ1) is 9.13. The summed E-state index contributed by atoms with van der Waals surface area (Å²) in [7, 11) is 6.41. The van der Waals surface area contributed by atoms with E-state index in [0.29, 0.717) is 12.6 Å². The van der Waals surface area contributed by atoms with Crippen molar-refractivity contribution in [1.82, 2.24) is 9.80 Å². The van der Waals surface area contributed by atoms with Gasteiger partial charge in [0.1, 0.15) is 0 Å². The van der Waals surface area contributed by atoms with Crippen molar-refractivity contribution in [2.75, 3.05) is 40.8 Å². The van der Waals surface area contributed by atoms with Crippen molar-refractivity contribution in [3.8, 4) is 0 Å². The van der Waals surface area contributed by atoms with E-state index in [1.165, 1.54) is 24.0 Å². The minimum Gasteiger partial charge on any atom is -0.329 e.